The third kappa shape index (κ3) is 6.64. The Morgan fingerprint density at radius 3 is 2.38 bits per heavy atom. The second-order valence-electron chi connectivity index (χ2n) is 12.0. The third-order valence-electron chi connectivity index (χ3n) is 8.99. The Labute approximate surface area is 270 Å². The number of hydrogen-bond donors (Lipinski definition) is 2. The largest absolute Gasteiger partial charge is 0.480 e. The van der Waals surface area contributed by atoms with Gasteiger partial charge in [-0.2, -0.15) is 26.3 Å². The first-order valence-corrected chi connectivity index (χ1v) is 15.1. The fraction of sp³-hybridized carbons (Fsp3) is 0.424. The van der Waals surface area contributed by atoms with E-state index in [1.54, 1.807) is 0 Å². The number of carbonyl (C=O) groups excluding carboxylic acids is 1. The summed E-state index contributed by atoms with van der Waals surface area (Å²) >= 11 is 0. The lowest BCUT2D eigenvalue weighted by atomic mass is 9.89. The highest BCUT2D eigenvalue weighted by atomic mass is 19.4. The van der Waals surface area contributed by atoms with E-state index < -0.39 is 71.0 Å². The lowest BCUT2D eigenvalue weighted by Crippen LogP contribution is -2.53. The number of anilines is 1. The summed E-state index contributed by atoms with van der Waals surface area (Å²) in [6.45, 7) is 1.86. The summed E-state index contributed by atoms with van der Waals surface area (Å²) in [5.41, 5.74) is -1.40. The molecule has 1 saturated heterocycles. The lowest BCUT2D eigenvalue weighted by molar-refractivity contribution is -0.167. The van der Waals surface area contributed by atoms with Gasteiger partial charge in [0.05, 0.1) is 29.9 Å². The van der Waals surface area contributed by atoms with Crippen molar-refractivity contribution >= 4 is 17.6 Å². The maximum atomic E-state index is 15.4. The molecule has 5 rings (SSSR count). The van der Waals surface area contributed by atoms with Gasteiger partial charge in [0.15, 0.2) is 0 Å². The summed E-state index contributed by atoms with van der Waals surface area (Å²) in [4.78, 5) is 39.6. The predicted octanol–water partition coefficient (Wildman–Crippen LogP) is 5.51. The number of carboxylic acid groups (broad SMARTS) is 1. The van der Waals surface area contributed by atoms with Crippen molar-refractivity contribution in [3.63, 3.8) is 0 Å². The average molecular weight is 684 g/mol. The summed E-state index contributed by atoms with van der Waals surface area (Å²) in [5.74, 6) is -3.73. The van der Waals surface area contributed by atoms with Crippen LogP contribution >= 0.6 is 0 Å². The number of carboxylic acids is 1. The number of carbonyl (C=O) groups is 2. The standard InChI is InChI=1S/C33H32F7N3O5/c1-16-11-19(43-9-10-48-15-26(43)33(38,39)40)14-24(34)27(16)29(44)41-25(31(46)47)13-18-7-8-22(21-6-4-5-20(18)21)28-23(32(35,36)37)12-17(2)42(3)30(28)45/h7-8,11-12,14,25-26H,4-6,9-10,13,15H2,1-3H3,(H,41,44)(H,46,47)/t25-,26+/m0/s1. The van der Waals surface area contributed by atoms with Gasteiger partial charge in [0.2, 0.25) is 0 Å². The number of nitrogens with one attached hydrogen (secondary N) is 1. The van der Waals surface area contributed by atoms with Crippen molar-refractivity contribution in [3.05, 3.63) is 85.6 Å². The molecule has 48 heavy (non-hydrogen) atoms. The van der Waals surface area contributed by atoms with Crippen LogP contribution in [0.3, 0.4) is 0 Å². The molecule has 2 N–H and O–H groups in total. The van der Waals surface area contributed by atoms with Gasteiger partial charge in [-0.25, -0.2) is 9.18 Å². The number of fused-ring (bicyclic) bond motifs is 1. The number of aliphatic carboxylic acids is 1. The van der Waals surface area contributed by atoms with E-state index in [0.29, 0.717) is 36.0 Å². The lowest BCUT2D eigenvalue weighted by Gasteiger charge is -2.38. The average Bonchev–Trinajstić information content (AvgIpc) is 3.49. The molecule has 2 heterocycles. The van der Waals surface area contributed by atoms with Crippen LogP contribution in [0.4, 0.5) is 36.4 Å². The van der Waals surface area contributed by atoms with E-state index in [9.17, 15) is 45.8 Å². The fourth-order valence-corrected chi connectivity index (χ4v) is 6.52. The van der Waals surface area contributed by atoms with Gasteiger partial charge < -0.3 is 24.6 Å². The van der Waals surface area contributed by atoms with Gasteiger partial charge in [0, 0.05) is 31.4 Å². The Hall–Kier alpha value is -4.40. The topological polar surface area (TPSA) is 101 Å². The van der Waals surface area contributed by atoms with E-state index in [-0.39, 0.29) is 42.1 Å². The first-order chi connectivity index (χ1) is 22.4. The van der Waals surface area contributed by atoms with Gasteiger partial charge in [-0.1, -0.05) is 12.1 Å². The van der Waals surface area contributed by atoms with Crippen LogP contribution in [0.5, 0.6) is 0 Å². The molecule has 15 heteroatoms. The van der Waals surface area contributed by atoms with E-state index in [1.165, 1.54) is 39.1 Å². The molecule has 1 aliphatic heterocycles. The number of rotatable bonds is 7. The highest BCUT2D eigenvalue weighted by Crippen LogP contribution is 2.41. The molecule has 0 bridgehead atoms. The molecule has 2 aliphatic rings. The van der Waals surface area contributed by atoms with Gasteiger partial charge >= 0.3 is 18.3 Å². The molecule has 0 radical (unpaired) electrons. The van der Waals surface area contributed by atoms with E-state index in [1.807, 2.05) is 0 Å². The molecule has 1 fully saturated rings. The summed E-state index contributed by atoms with van der Waals surface area (Å²) < 4.78 is 104. The van der Waals surface area contributed by atoms with Crippen LogP contribution in [-0.2, 0) is 42.0 Å². The Morgan fingerprint density at radius 2 is 1.75 bits per heavy atom. The number of amides is 1. The Bertz CT molecular complexity index is 1810. The number of ether oxygens (including phenoxy) is 1. The van der Waals surface area contributed by atoms with Crippen molar-refractivity contribution in [2.45, 2.75) is 64.0 Å². The Morgan fingerprint density at radius 1 is 1.06 bits per heavy atom. The minimum absolute atomic E-state index is 0.0222. The summed E-state index contributed by atoms with van der Waals surface area (Å²) in [6, 6.07) is 2.07. The van der Waals surface area contributed by atoms with Crippen LogP contribution in [0.2, 0.25) is 0 Å². The third-order valence-corrected chi connectivity index (χ3v) is 8.99. The van der Waals surface area contributed by atoms with Gasteiger partial charge in [-0.3, -0.25) is 9.59 Å². The van der Waals surface area contributed by atoms with Crippen molar-refractivity contribution in [2.24, 2.45) is 7.05 Å². The summed E-state index contributed by atoms with van der Waals surface area (Å²) in [6.07, 6.45) is -8.52. The minimum atomic E-state index is -4.82. The highest BCUT2D eigenvalue weighted by molar-refractivity contribution is 5.98. The number of pyridine rings is 1. The number of morpholine rings is 1. The second kappa shape index (κ2) is 12.9. The van der Waals surface area contributed by atoms with Gasteiger partial charge in [-0.05, 0) is 79.1 Å². The molecule has 1 aromatic heterocycles. The zero-order valence-electron chi connectivity index (χ0n) is 26.1. The number of hydrogen-bond acceptors (Lipinski definition) is 5. The molecule has 2 aromatic carbocycles. The second-order valence-corrected chi connectivity index (χ2v) is 12.0. The normalized spacial score (nSPS) is 17.3. The van der Waals surface area contributed by atoms with E-state index in [0.717, 1.165) is 21.6 Å². The van der Waals surface area contributed by atoms with E-state index in [2.05, 4.69) is 5.32 Å². The molecule has 8 nitrogen and oxygen atoms in total. The first-order valence-electron chi connectivity index (χ1n) is 15.1. The number of aryl methyl sites for hydroxylation is 2. The van der Waals surface area contributed by atoms with Gasteiger partial charge in [0.1, 0.15) is 17.9 Å². The highest BCUT2D eigenvalue weighted by Gasteiger charge is 2.46. The maximum Gasteiger partial charge on any atom is 0.417 e. The van der Waals surface area contributed by atoms with Crippen LogP contribution < -0.4 is 15.8 Å². The molecule has 258 valence electrons. The molecular formula is C33H32F7N3O5. The predicted molar refractivity (Wildman–Crippen MR) is 161 cm³/mol. The number of aromatic nitrogens is 1. The number of benzene rings is 2. The number of halogens is 7. The zero-order valence-corrected chi connectivity index (χ0v) is 26.1. The van der Waals surface area contributed by atoms with Crippen LogP contribution in [0.25, 0.3) is 11.1 Å². The van der Waals surface area contributed by atoms with Gasteiger partial charge in [-0.15, -0.1) is 0 Å². The number of alkyl halides is 6. The fourth-order valence-electron chi connectivity index (χ4n) is 6.52. The molecule has 3 aromatic rings. The zero-order chi connectivity index (χ0) is 35.3. The van der Waals surface area contributed by atoms with E-state index >= 15 is 4.39 Å². The summed E-state index contributed by atoms with van der Waals surface area (Å²) in [7, 11) is 1.37. The molecule has 1 amide bonds. The monoisotopic (exact) mass is 683 g/mol. The van der Waals surface area contributed by atoms with Crippen molar-refractivity contribution < 1.29 is 50.2 Å². The molecule has 0 unspecified atom stereocenters. The molecule has 0 spiro atoms. The van der Waals surface area contributed by atoms with Crippen molar-refractivity contribution in [1.29, 1.82) is 0 Å². The summed E-state index contributed by atoms with van der Waals surface area (Å²) in [5, 5.41) is 12.3. The van der Waals surface area contributed by atoms with Crippen molar-refractivity contribution in [3.8, 4) is 11.1 Å². The minimum Gasteiger partial charge on any atom is -0.480 e. The van der Waals surface area contributed by atoms with Crippen LogP contribution in [0, 0.1) is 19.7 Å². The Balaban J connectivity index is 1.45. The molecule has 1 aliphatic carbocycles. The first kappa shape index (κ1) is 34.9. The maximum absolute atomic E-state index is 15.4. The van der Waals surface area contributed by atoms with E-state index in [4.69, 9.17) is 4.74 Å². The van der Waals surface area contributed by atoms with Crippen LogP contribution in [0.15, 0.2) is 35.1 Å². The Kier molecular flexibility index (Phi) is 9.38. The molecule has 2 atom stereocenters. The molecular weight excluding hydrogens is 651 g/mol. The van der Waals surface area contributed by atoms with Crippen LogP contribution in [0.1, 0.15) is 50.3 Å². The van der Waals surface area contributed by atoms with Gasteiger partial charge in [0.25, 0.3) is 11.5 Å². The van der Waals surface area contributed by atoms with Crippen molar-refractivity contribution in [2.75, 3.05) is 24.7 Å². The number of nitrogens with zero attached hydrogens (tertiary/aromatic N) is 2. The van der Waals surface area contributed by atoms with Crippen LogP contribution in [-0.4, -0.2) is 59.6 Å². The molecule has 0 saturated carbocycles. The SMILES string of the molecule is Cc1cc(N2CCOC[C@@H]2C(F)(F)F)cc(F)c1C(=O)N[C@@H](Cc1ccc(-c2c(C(F)(F)F)cc(C)n(C)c2=O)c2c1CCC2)C(=O)O. The smallest absolute Gasteiger partial charge is 0.417 e. The quantitative estimate of drug-likeness (QED) is 0.319. The van der Waals surface area contributed by atoms with Crippen molar-refractivity contribution in [1.82, 2.24) is 9.88 Å².